The highest BCUT2D eigenvalue weighted by molar-refractivity contribution is 4.95. The van der Waals surface area contributed by atoms with E-state index in [1.807, 2.05) is 0 Å². The molecule has 0 saturated carbocycles. The summed E-state index contributed by atoms with van der Waals surface area (Å²) in [5.41, 5.74) is 0. The molecule has 3 atom stereocenters. The summed E-state index contributed by atoms with van der Waals surface area (Å²) in [4.78, 5) is 2.55. The minimum Gasteiger partial charge on any atom is -0.393 e. The Morgan fingerprint density at radius 1 is 1.12 bits per heavy atom. The van der Waals surface area contributed by atoms with Crippen molar-refractivity contribution in [1.29, 1.82) is 0 Å². The summed E-state index contributed by atoms with van der Waals surface area (Å²) in [6, 6.07) is 1.52. The van der Waals surface area contributed by atoms with E-state index < -0.39 is 0 Å². The lowest BCUT2D eigenvalue weighted by molar-refractivity contribution is 0.0300. The van der Waals surface area contributed by atoms with Crippen molar-refractivity contribution in [2.24, 2.45) is 11.8 Å². The molecule has 2 nitrogen and oxygen atoms in total. The first-order chi connectivity index (χ1) is 8.08. The van der Waals surface area contributed by atoms with Crippen LogP contribution in [0.3, 0.4) is 0 Å². The van der Waals surface area contributed by atoms with E-state index in [1.54, 1.807) is 0 Å². The third kappa shape index (κ3) is 3.23. The largest absolute Gasteiger partial charge is 0.393 e. The van der Waals surface area contributed by atoms with Crippen molar-refractivity contribution in [1.82, 2.24) is 4.90 Å². The predicted molar refractivity (Wildman–Crippen MR) is 72.0 cm³/mol. The van der Waals surface area contributed by atoms with Gasteiger partial charge in [-0.15, -0.1) is 0 Å². The topological polar surface area (TPSA) is 23.5 Å². The maximum Gasteiger partial charge on any atom is 0.0569 e. The van der Waals surface area contributed by atoms with Gasteiger partial charge in [0, 0.05) is 12.1 Å². The van der Waals surface area contributed by atoms with Crippen LogP contribution in [0, 0.1) is 11.8 Å². The van der Waals surface area contributed by atoms with Gasteiger partial charge in [0.25, 0.3) is 0 Å². The second-order valence-electron chi connectivity index (χ2n) is 6.67. The number of fused-ring (bicyclic) bond motifs is 2. The molecule has 0 aromatic rings. The number of rotatable bonds is 5. The van der Waals surface area contributed by atoms with Gasteiger partial charge in [0.2, 0.25) is 0 Å². The molecule has 2 saturated heterocycles. The standard InChI is InChI=1S/C15H29NO/c1-11(2)5-4-6-15(17)12-9-13-7-8-14(10-12)16(13)3/h11-15,17H,4-10H2,1-3H3. The maximum atomic E-state index is 10.3. The van der Waals surface area contributed by atoms with Gasteiger partial charge in [-0.3, -0.25) is 0 Å². The Kier molecular flexibility index (Phi) is 4.48. The number of piperidine rings is 1. The third-order valence-corrected chi connectivity index (χ3v) is 4.96. The van der Waals surface area contributed by atoms with Crippen LogP contribution in [0.4, 0.5) is 0 Å². The zero-order chi connectivity index (χ0) is 12.4. The van der Waals surface area contributed by atoms with E-state index in [4.69, 9.17) is 0 Å². The molecule has 2 aliphatic heterocycles. The molecule has 0 spiro atoms. The number of aliphatic hydroxyl groups excluding tert-OH is 1. The number of aliphatic hydroxyl groups is 1. The quantitative estimate of drug-likeness (QED) is 0.797. The van der Waals surface area contributed by atoms with Gasteiger partial charge in [0.05, 0.1) is 6.10 Å². The summed E-state index contributed by atoms with van der Waals surface area (Å²) in [5.74, 6) is 1.35. The molecular weight excluding hydrogens is 210 g/mol. The van der Waals surface area contributed by atoms with Crippen LogP contribution in [0.15, 0.2) is 0 Å². The van der Waals surface area contributed by atoms with Gasteiger partial charge >= 0.3 is 0 Å². The second kappa shape index (κ2) is 5.71. The Balaban J connectivity index is 1.75. The fourth-order valence-corrected chi connectivity index (χ4v) is 3.74. The molecule has 2 heterocycles. The smallest absolute Gasteiger partial charge is 0.0569 e. The van der Waals surface area contributed by atoms with E-state index in [2.05, 4.69) is 25.8 Å². The molecule has 3 unspecified atom stereocenters. The van der Waals surface area contributed by atoms with Gasteiger partial charge in [0.15, 0.2) is 0 Å². The van der Waals surface area contributed by atoms with Crippen LogP contribution >= 0.6 is 0 Å². The van der Waals surface area contributed by atoms with Crippen LogP contribution in [0.25, 0.3) is 0 Å². The number of nitrogens with zero attached hydrogens (tertiary/aromatic N) is 1. The molecule has 100 valence electrons. The van der Waals surface area contributed by atoms with Crippen LogP contribution in [0.2, 0.25) is 0 Å². The molecule has 0 aromatic carbocycles. The van der Waals surface area contributed by atoms with Crippen molar-refractivity contribution in [3.05, 3.63) is 0 Å². The molecule has 0 aromatic heterocycles. The summed E-state index contributed by atoms with van der Waals surface area (Å²) in [6.45, 7) is 4.53. The Bertz CT molecular complexity index is 227. The highest BCUT2D eigenvalue weighted by Gasteiger charge is 2.40. The fraction of sp³-hybridized carbons (Fsp3) is 1.00. The van der Waals surface area contributed by atoms with E-state index >= 15 is 0 Å². The molecule has 0 amide bonds. The van der Waals surface area contributed by atoms with E-state index in [9.17, 15) is 5.11 Å². The number of hydrogen-bond donors (Lipinski definition) is 1. The van der Waals surface area contributed by atoms with Crippen LogP contribution < -0.4 is 0 Å². The first-order valence-corrected chi connectivity index (χ1v) is 7.48. The van der Waals surface area contributed by atoms with Gasteiger partial charge in [-0.2, -0.15) is 0 Å². The van der Waals surface area contributed by atoms with Gasteiger partial charge in [0.1, 0.15) is 0 Å². The molecule has 17 heavy (non-hydrogen) atoms. The second-order valence-corrected chi connectivity index (χ2v) is 6.67. The minimum absolute atomic E-state index is 0.0365. The van der Waals surface area contributed by atoms with Gasteiger partial charge < -0.3 is 10.0 Å². The normalized spacial score (nSPS) is 35.5. The summed E-state index contributed by atoms with van der Waals surface area (Å²) < 4.78 is 0. The van der Waals surface area contributed by atoms with E-state index in [0.717, 1.165) is 24.4 Å². The lowest BCUT2D eigenvalue weighted by atomic mass is 9.84. The van der Waals surface area contributed by atoms with Gasteiger partial charge in [-0.05, 0) is 51.0 Å². The van der Waals surface area contributed by atoms with Crippen LogP contribution in [0.5, 0.6) is 0 Å². The Labute approximate surface area is 106 Å². The maximum absolute atomic E-state index is 10.3. The molecule has 2 bridgehead atoms. The van der Waals surface area contributed by atoms with Gasteiger partial charge in [-0.25, -0.2) is 0 Å². The summed E-state index contributed by atoms with van der Waals surface area (Å²) in [5, 5.41) is 10.3. The molecular formula is C15H29NO. The molecule has 2 aliphatic rings. The lowest BCUT2D eigenvalue weighted by Gasteiger charge is -2.38. The summed E-state index contributed by atoms with van der Waals surface area (Å²) >= 11 is 0. The molecule has 2 fully saturated rings. The Hall–Kier alpha value is -0.0800. The van der Waals surface area contributed by atoms with Crippen molar-refractivity contribution in [3.63, 3.8) is 0 Å². The van der Waals surface area contributed by atoms with Crippen molar-refractivity contribution in [3.8, 4) is 0 Å². The monoisotopic (exact) mass is 239 g/mol. The van der Waals surface area contributed by atoms with Crippen LogP contribution in [-0.4, -0.2) is 35.2 Å². The van der Waals surface area contributed by atoms with Crippen molar-refractivity contribution < 1.29 is 5.11 Å². The Morgan fingerprint density at radius 3 is 2.24 bits per heavy atom. The molecule has 2 rings (SSSR count). The lowest BCUT2D eigenvalue weighted by Crippen LogP contribution is -2.43. The van der Waals surface area contributed by atoms with Gasteiger partial charge in [-0.1, -0.05) is 26.7 Å². The average molecular weight is 239 g/mol. The van der Waals surface area contributed by atoms with Crippen molar-refractivity contribution in [2.75, 3.05) is 7.05 Å². The van der Waals surface area contributed by atoms with Crippen LogP contribution in [-0.2, 0) is 0 Å². The molecule has 2 heteroatoms. The fourth-order valence-electron chi connectivity index (χ4n) is 3.74. The zero-order valence-corrected chi connectivity index (χ0v) is 11.7. The van der Waals surface area contributed by atoms with E-state index in [0.29, 0.717) is 5.92 Å². The number of hydrogen-bond acceptors (Lipinski definition) is 2. The third-order valence-electron chi connectivity index (χ3n) is 4.96. The van der Waals surface area contributed by atoms with Crippen LogP contribution in [0.1, 0.15) is 58.8 Å². The molecule has 0 radical (unpaired) electrons. The zero-order valence-electron chi connectivity index (χ0n) is 11.7. The Morgan fingerprint density at radius 2 is 1.71 bits per heavy atom. The highest BCUT2D eigenvalue weighted by atomic mass is 16.3. The van der Waals surface area contributed by atoms with E-state index in [-0.39, 0.29) is 6.10 Å². The van der Waals surface area contributed by atoms with Crippen molar-refractivity contribution >= 4 is 0 Å². The average Bonchev–Trinajstić information content (AvgIpc) is 2.52. The van der Waals surface area contributed by atoms with Crippen molar-refractivity contribution in [2.45, 2.75) is 77.0 Å². The molecule has 1 N–H and O–H groups in total. The predicted octanol–water partition coefficient (Wildman–Crippen LogP) is 3.05. The first-order valence-electron chi connectivity index (χ1n) is 7.48. The van der Waals surface area contributed by atoms with E-state index in [1.165, 1.54) is 38.5 Å². The summed E-state index contributed by atoms with van der Waals surface area (Å²) in [6.07, 6.45) is 8.62. The summed E-state index contributed by atoms with van der Waals surface area (Å²) in [7, 11) is 2.27. The highest BCUT2D eigenvalue weighted by Crippen LogP contribution is 2.39. The molecule has 0 aliphatic carbocycles. The first kappa shape index (κ1) is 13.4. The minimum atomic E-state index is -0.0365. The SMILES string of the molecule is CC(C)CCCC(O)C1CC2CCC(C1)N2C.